The van der Waals surface area contributed by atoms with Crippen molar-refractivity contribution in [1.82, 2.24) is 15.3 Å². The number of hydrogen-bond donors (Lipinski definition) is 1. The molecule has 1 aromatic heterocycles. The molecule has 0 spiro atoms. The van der Waals surface area contributed by atoms with E-state index >= 15 is 0 Å². The van der Waals surface area contributed by atoms with Crippen LogP contribution in [-0.2, 0) is 4.79 Å². The lowest BCUT2D eigenvalue weighted by molar-refractivity contribution is -0.119. The molecule has 1 aliphatic rings. The van der Waals surface area contributed by atoms with Gasteiger partial charge in [0.25, 0.3) is 0 Å². The molecule has 0 aliphatic heterocycles. The van der Waals surface area contributed by atoms with E-state index in [9.17, 15) is 4.79 Å². The average molecular weight is 392 g/mol. The molecule has 1 fully saturated rings. The van der Waals surface area contributed by atoms with Crippen LogP contribution in [0.1, 0.15) is 37.7 Å². The lowest BCUT2D eigenvalue weighted by Gasteiger charge is -2.22. The predicted molar refractivity (Wildman–Crippen MR) is 115 cm³/mol. The second-order valence-electron chi connectivity index (χ2n) is 7.38. The molecule has 0 bridgehead atoms. The van der Waals surface area contributed by atoms with Gasteiger partial charge in [-0.15, -0.1) is 0 Å². The first kappa shape index (κ1) is 18.9. The van der Waals surface area contributed by atoms with Crippen LogP contribution in [0.5, 0.6) is 0 Å². The Hall–Kier alpha value is -2.40. The van der Waals surface area contributed by atoms with E-state index in [-0.39, 0.29) is 5.91 Å². The molecule has 5 heteroatoms. The second-order valence-corrected chi connectivity index (χ2v) is 8.34. The molecular formula is C23H25N3OS. The average Bonchev–Trinajstić information content (AvgIpc) is 2.74. The van der Waals surface area contributed by atoms with Crippen molar-refractivity contribution >= 4 is 28.6 Å². The lowest BCUT2D eigenvalue weighted by atomic mass is 9.95. The minimum atomic E-state index is 0.0950. The Morgan fingerprint density at radius 3 is 2.61 bits per heavy atom. The quantitative estimate of drug-likeness (QED) is 0.483. The number of nitrogens with zero attached hydrogens (tertiary/aromatic N) is 2. The predicted octanol–water partition coefficient (Wildman–Crippen LogP) is 5.15. The number of rotatable bonds is 5. The molecule has 1 amide bonds. The summed E-state index contributed by atoms with van der Waals surface area (Å²) < 4.78 is 0. The SMILES string of the molecule is Cc1cccc2c(SCC(=O)NC3CCCCC3)nc(-c3ccccc3)nc12. The number of para-hydroxylation sites is 1. The molecular weight excluding hydrogens is 366 g/mol. The van der Waals surface area contributed by atoms with Crippen LogP contribution in [0.3, 0.4) is 0 Å². The standard InChI is InChI=1S/C23H25N3OS/c1-16-9-8-14-19-21(16)25-22(17-10-4-2-5-11-17)26-23(19)28-15-20(27)24-18-12-6-3-7-13-18/h2,4-5,8-11,14,18H,3,6-7,12-13,15H2,1H3,(H,24,27). The molecule has 28 heavy (non-hydrogen) atoms. The second kappa shape index (κ2) is 8.74. The molecule has 0 saturated heterocycles. The third-order valence-electron chi connectivity index (χ3n) is 5.24. The van der Waals surface area contributed by atoms with Gasteiger partial charge in [-0.25, -0.2) is 9.97 Å². The van der Waals surface area contributed by atoms with Crippen LogP contribution in [0, 0.1) is 6.92 Å². The normalized spacial score (nSPS) is 14.9. The van der Waals surface area contributed by atoms with Crippen molar-refractivity contribution in [1.29, 1.82) is 0 Å². The fourth-order valence-electron chi connectivity index (χ4n) is 3.74. The summed E-state index contributed by atoms with van der Waals surface area (Å²) in [6.07, 6.45) is 5.92. The van der Waals surface area contributed by atoms with E-state index in [0.29, 0.717) is 17.6 Å². The van der Waals surface area contributed by atoms with E-state index < -0.39 is 0 Å². The van der Waals surface area contributed by atoms with Crippen LogP contribution >= 0.6 is 11.8 Å². The summed E-state index contributed by atoms with van der Waals surface area (Å²) in [6.45, 7) is 2.06. The first-order chi connectivity index (χ1) is 13.7. The fraction of sp³-hybridized carbons (Fsp3) is 0.348. The molecule has 0 unspecified atom stereocenters. The molecule has 1 N–H and O–H groups in total. The minimum absolute atomic E-state index is 0.0950. The van der Waals surface area contributed by atoms with Crippen molar-refractivity contribution in [3.05, 3.63) is 54.1 Å². The van der Waals surface area contributed by atoms with Crippen molar-refractivity contribution in [2.75, 3.05) is 5.75 Å². The van der Waals surface area contributed by atoms with E-state index in [4.69, 9.17) is 9.97 Å². The molecule has 4 nitrogen and oxygen atoms in total. The number of aryl methyl sites for hydroxylation is 1. The third-order valence-corrected chi connectivity index (χ3v) is 6.23. The smallest absolute Gasteiger partial charge is 0.230 e. The highest BCUT2D eigenvalue weighted by Gasteiger charge is 2.17. The highest BCUT2D eigenvalue weighted by molar-refractivity contribution is 8.00. The maximum atomic E-state index is 12.5. The zero-order chi connectivity index (χ0) is 19.3. The monoisotopic (exact) mass is 391 g/mol. The van der Waals surface area contributed by atoms with Gasteiger partial charge < -0.3 is 5.32 Å². The number of benzene rings is 2. The Labute approximate surface area is 170 Å². The highest BCUT2D eigenvalue weighted by Crippen LogP contribution is 2.30. The summed E-state index contributed by atoms with van der Waals surface area (Å²) in [4.78, 5) is 22.1. The van der Waals surface area contributed by atoms with Crippen LogP contribution in [0.15, 0.2) is 53.6 Å². The van der Waals surface area contributed by atoms with Crippen molar-refractivity contribution in [2.45, 2.75) is 50.1 Å². The topological polar surface area (TPSA) is 54.9 Å². The van der Waals surface area contributed by atoms with Gasteiger partial charge in [0, 0.05) is 17.0 Å². The summed E-state index contributed by atoms with van der Waals surface area (Å²) in [5, 5.41) is 5.07. The van der Waals surface area contributed by atoms with Crippen LogP contribution in [0.2, 0.25) is 0 Å². The maximum Gasteiger partial charge on any atom is 0.230 e. The van der Waals surface area contributed by atoms with Crippen molar-refractivity contribution in [3.8, 4) is 11.4 Å². The lowest BCUT2D eigenvalue weighted by Crippen LogP contribution is -2.37. The van der Waals surface area contributed by atoms with Crippen molar-refractivity contribution in [3.63, 3.8) is 0 Å². The zero-order valence-electron chi connectivity index (χ0n) is 16.1. The number of aromatic nitrogens is 2. The largest absolute Gasteiger partial charge is 0.353 e. The van der Waals surface area contributed by atoms with E-state index in [1.807, 2.05) is 42.5 Å². The van der Waals surface area contributed by atoms with E-state index in [1.165, 1.54) is 31.0 Å². The molecule has 2 aromatic carbocycles. The van der Waals surface area contributed by atoms with Crippen LogP contribution in [0.25, 0.3) is 22.3 Å². The number of carbonyl (C=O) groups excluding carboxylic acids is 1. The summed E-state index contributed by atoms with van der Waals surface area (Å²) in [7, 11) is 0. The van der Waals surface area contributed by atoms with Gasteiger partial charge >= 0.3 is 0 Å². The summed E-state index contributed by atoms with van der Waals surface area (Å²) >= 11 is 1.50. The van der Waals surface area contributed by atoms with Gasteiger partial charge in [-0.3, -0.25) is 4.79 Å². The molecule has 4 rings (SSSR count). The van der Waals surface area contributed by atoms with E-state index in [2.05, 4.69) is 18.3 Å². The molecule has 1 heterocycles. The van der Waals surface area contributed by atoms with Crippen LogP contribution in [0.4, 0.5) is 0 Å². The van der Waals surface area contributed by atoms with Crippen molar-refractivity contribution < 1.29 is 4.79 Å². The third kappa shape index (κ3) is 4.36. The van der Waals surface area contributed by atoms with Gasteiger partial charge in [0.15, 0.2) is 5.82 Å². The highest BCUT2D eigenvalue weighted by atomic mass is 32.2. The van der Waals surface area contributed by atoms with Gasteiger partial charge in [-0.05, 0) is 25.3 Å². The minimum Gasteiger partial charge on any atom is -0.353 e. The Bertz CT molecular complexity index is 968. The Kier molecular flexibility index (Phi) is 5.91. The summed E-state index contributed by atoms with van der Waals surface area (Å²) in [6, 6.07) is 16.5. The van der Waals surface area contributed by atoms with Gasteiger partial charge in [-0.2, -0.15) is 0 Å². The first-order valence-electron chi connectivity index (χ1n) is 9.95. The van der Waals surface area contributed by atoms with E-state index in [0.717, 1.165) is 39.9 Å². The number of hydrogen-bond acceptors (Lipinski definition) is 4. The number of amides is 1. The molecule has 0 radical (unpaired) electrons. The summed E-state index contributed by atoms with van der Waals surface area (Å²) in [5.74, 6) is 1.18. The van der Waals surface area contributed by atoms with E-state index in [1.54, 1.807) is 0 Å². The first-order valence-corrected chi connectivity index (χ1v) is 10.9. The molecule has 144 valence electrons. The van der Waals surface area contributed by atoms with Crippen LogP contribution in [-0.4, -0.2) is 27.7 Å². The molecule has 0 atom stereocenters. The maximum absolute atomic E-state index is 12.5. The molecule has 3 aromatic rings. The number of carbonyl (C=O) groups is 1. The Morgan fingerprint density at radius 1 is 1.04 bits per heavy atom. The van der Waals surface area contributed by atoms with Gasteiger partial charge in [-0.1, -0.05) is 79.6 Å². The fourth-order valence-corrected chi connectivity index (χ4v) is 4.57. The van der Waals surface area contributed by atoms with Gasteiger partial charge in [0.2, 0.25) is 5.91 Å². The Morgan fingerprint density at radius 2 is 1.82 bits per heavy atom. The zero-order valence-corrected chi connectivity index (χ0v) is 17.0. The summed E-state index contributed by atoms with van der Waals surface area (Å²) in [5.41, 5.74) is 3.05. The number of nitrogens with one attached hydrogen (secondary N) is 1. The Balaban J connectivity index is 1.58. The van der Waals surface area contributed by atoms with Crippen molar-refractivity contribution in [2.24, 2.45) is 0 Å². The number of thioether (sulfide) groups is 1. The van der Waals surface area contributed by atoms with Crippen LogP contribution < -0.4 is 5.32 Å². The number of fused-ring (bicyclic) bond motifs is 1. The van der Waals surface area contributed by atoms with Gasteiger partial charge in [0.1, 0.15) is 5.03 Å². The van der Waals surface area contributed by atoms with Gasteiger partial charge in [0.05, 0.1) is 11.3 Å². The molecule has 1 saturated carbocycles. The molecule has 1 aliphatic carbocycles.